The maximum Gasteiger partial charge on any atom is 0.305 e. The molecule has 0 aromatic heterocycles. The Balaban J connectivity index is 3.43. The number of aliphatic hydroxyl groups is 2. The summed E-state index contributed by atoms with van der Waals surface area (Å²) in [6, 6.07) is -0.549. The molecule has 6 heteroatoms. The van der Waals surface area contributed by atoms with E-state index >= 15 is 0 Å². The minimum atomic E-state index is -0.671. The molecule has 0 bridgehead atoms. The van der Waals surface area contributed by atoms with E-state index in [4.69, 9.17) is 4.74 Å². The number of aliphatic hydroxyl groups excluding tert-OH is 2. The van der Waals surface area contributed by atoms with Crippen molar-refractivity contribution in [2.45, 2.75) is 341 Å². The molecule has 0 heterocycles. The Bertz CT molecular complexity index is 970. The van der Waals surface area contributed by atoms with Crippen LogP contribution in [0.15, 0.2) is 12.2 Å². The molecule has 1 amide bonds. The zero-order valence-electron chi connectivity index (χ0n) is 44.0. The Morgan fingerprint density at radius 2 is 0.723 bits per heavy atom. The summed E-state index contributed by atoms with van der Waals surface area (Å²) in [6.45, 7) is 4.95. The molecule has 65 heavy (non-hydrogen) atoms. The molecule has 386 valence electrons. The maximum atomic E-state index is 12.5. The summed E-state index contributed by atoms with van der Waals surface area (Å²) in [7, 11) is 0. The number of nitrogens with one attached hydrogen (secondary N) is 1. The van der Waals surface area contributed by atoms with Crippen molar-refractivity contribution in [3.05, 3.63) is 12.2 Å². The second-order valence-corrected chi connectivity index (χ2v) is 20.3. The molecule has 0 fully saturated rings. The van der Waals surface area contributed by atoms with Gasteiger partial charge in [-0.05, 0) is 51.4 Å². The van der Waals surface area contributed by atoms with E-state index < -0.39 is 12.1 Å². The standard InChI is InChI=1S/C59H115NO5/c1-3-5-7-9-11-13-15-17-19-25-29-33-37-41-45-49-53-59(64)65-54-50-46-42-38-34-30-26-22-20-21-24-28-32-36-40-44-48-52-58(63)60-56(55-61)57(62)51-47-43-39-35-31-27-23-18-16-14-12-10-8-6-4-2/h20,22,56-57,61-62H,3-19,21,23-55H2,1-2H3,(H,60,63)/b22-20-. The fraction of sp³-hybridized carbons (Fsp3) is 0.932. The van der Waals surface area contributed by atoms with Gasteiger partial charge in [0, 0.05) is 12.8 Å². The van der Waals surface area contributed by atoms with Crippen molar-refractivity contribution in [2.75, 3.05) is 13.2 Å². The van der Waals surface area contributed by atoms with Crippen LogP contribution in [0.2, 0.25) is 0 Å². The normalized spacial score (nSPS) is 12.6. The molecular formula is C59H115NO5. The lowest BCUT2D eigenvalue weighted by molar-refractivity contribution is -0.143. The summed E-state index contributed by atoms with van der Waals surface area (Å²) in [4.78, 5) is 24.5. The van der Waals surface area contributed by atoms with Crippen LogP contribution in [0.5, 0.6) is 0 Å². The van der Waals surface area contributed by atoms with E-state index in [0.29, 0.717) is 25.9 Å². The second kappa shape index (κ2) is 55.2. The van der Waals surface area contributed by atoms with Gasteiger partial charge in [0.25, 0.3) is 0 Å². The summed E-state index contributed by atoms with van der Waals surface area (Å²) < 4.78 is 5.48. The zero-order chi connectivity index (χ0) is 47.2. The number of carbonyl (C=O) groups is 2. The van der Waals surface area contributed by atoms with Crippen molar-refractivity contribution in [3.8, 4) is 0 Å². The van der Waals surface area contributed by atoms with E-state index in [1.165, 1.54) is 244 Å². The number of amides is 1. The number of hydrogen-bond donors (Lipinski definition) is 3. The lowest BCUT2D eigenvalue weighted by Gasteiger charge is -2.22. The average Bonchev–Trinajstić information content (AvgIpc) is 3.31. The van der Waals surface area contributed by atoms with Crippen LogP contribution in [0.1, 0.15) is 328 Å². The van der Waals surface area contributed by atoms with E-state index in [1.807, 2.05) is 0 Å². The fourth-order valence-electron chi connectivity index (χ4n) is 9.28. The average molecular weight is 919 g/mol. The van der Waals surface area contributed by atoms with Gasteiger partial charge in [-0.25, -0.2) is 0 Å². The van der Waals surface area contributed by atoms with Crippen molar-refractivity contribution in [2.24, 2.45) is 0 Å². The van der Waals surface area contributed by atoms with E-state index in [-0.39, 0.29) is 18.5 Å². The Labute approximate surface area is 406 Å². The molecule has 0 saturated carbocycles. The monoisotopic (exact) mass is 918 g/mol. The molecular weight excluding hydrogens is 803 g/mol. The largest absolute Gasteiger partial charge is 0.466 e. The third kappa shape index (κ3) is 51.8. The van der Waals surface area contributed by atoms with Gasteiger partial charge in [0.05, 0.1) is 25.4 Å². The molecule has 0 radical (unpaired) electrons. The first-order chi connectivity index (χ1) is 32.0. The molecule has 0 aromatic rings. The molecule has 2 atom stereocenters. The SMILES string of the molecule is CCCCCCCCCCCCCCCCCCC(=O)OCCCCCCCC/C=C\CCCCCCCCCC(=O)NC(CO)C(O)CCCCCCCCCCCCCCCCC. The molecule has 6 nitrogen and oxygen atoms in total. The van der Waals surface area contributed by atoms with Crippen molar-refractivity contribution >= 4 is 11.9 Å². The zero-order valence-corrected chi connectivity index (χ0v) is 44.0. The van der Waals surface area contributed by atoms with E-state index in [2.05, 4.69) is 31.3 Å². The maximum absolute atomic E-state index is 12.5. The summed E-state index contributed by atoms with van der Waals surface area (Å²) >= 11 is 0. The molecule has 0 spiro atoms. The van der Waals surface area contributed by atoms with Gasteiger partial charge in [-0.2, -0.15) is 0 Å². The third-order valence-electron chi connectivity index (χ3n) is 13.8. The third-order valence-corrected chi connectivity index (χ3v) is 13.8. The molecule has 0 rings (SSSR count). The van der Waals surface area contributed by atoms with Gasteiger partial charge in [0.1, 0.15) is 0 Å². The first-order valence-electron chi connectivity index (χ1n) is 29.4. The lowest BCUT2D eigenvalue weighted by Crippen LogP contribution is -2.45. The first kappa shape index (κ1) is 63.6. The predicted molar refractivity (Wildman–Crippen MR) is 283 cm³/mol. The van der Waals surface area contributed by atoms with E-state index in [1.54, 1.807) is 0 Å². The Morgan fingerprint density at radius 3 is 1.09 bits per heavy atom. The van der Waals surface area contributed by atoms with Gasteiger partial charge in [-0.15, -0.1) is 0 Å². The van der Waals surface area contributed by atoms with Gasteiger partial charge in [-0.1, -0.05) is 276 Å². The molecule has 2 unspecified atom stereocenters. The minimum absolute atomic E-state index is 0.00226. The summed E-state index contributed by atoms with van der Waals surface area (Å²) in [5.41, 5.74) is 0. The van der Waals surface area contributed by atoms with Crippen LogP contribution in [-0.2, 0) is 14.3 Å². The van der Waals surface area contributed by atoms with Crippen molar-refractivity contribution in [1.29, 1.82) is 0 Å². The number of ether oxygens (including phenoxy) is 1. The smallest absolute Gasteiger partial charge is 0.305 e. The highest BCUT2D eigenvalue weighted by Crippen LogP contribution is 2.17. The van der Waals surface area contributed by atoms with Gasteiger partial charge in [0.2, 0.25) is 5.91 Å². The van der Waals surface area contributed by atoms with E-state index in [9.17, 15) is 19.8 Å². The Morgan fingerprint density at radius 1 is 0.415 bits per heavy atom. The van der Waals surface area contributed by atoms with Crippen LogP contribution >= 0.6 is 0 Å². The van der Waals surface area contributed by atoms with Crippen LogP contribution in [0.25, 0.3) is 0 Å². The quantitative estimate of drug-likeness (QED) is 0.0321. The predicted octanol–water partition coefficient (Wildman–Crippen LogP) is 18.1. The summed E-state index contributed by atoms with van der Waals surface area (Å²) in [5.74, 6) is -0.0426. The van der Waals surface area contributed by atoms with Gasteiger partial charge >= 0.3 is 5.97 Å². The molecule has 0 aliphatic rings. The number of esters is 1. The Hall–Kier alpha value is -1.40. The topological polar surface area (TPSA) is 95.9 Å². The number of hydrogen-bond acceptors (Lipinski definition) is 5. The van der Waals surface area contributed by atoms with Crippen LogP contribution < -0.4 is 5.32 Å². The van der Waals surface area contributed by atoms with E-state index in [0.717, 1.165) is 51.4 Å². The highest BCUT2D eigenvalue weighted by atomic mass is 16.5. The molecule has 0 aliphatic carbocycles. The highest BCUT2D eigenvalue weighted by molar-refractivity contribution is 5.76. The summed E-state index contributed by atoms with van der Waals surface area (Å²) in [5, 5.41) is 23.3. The van der Waals surface area contributed by atoms with Crippen LogP contribution in [-0.4, -0.2) is 47.4 Å². The summed E-state index contributed by atoms with van der Waals surface area (Å²) in [6.07, 6.45) is 64.9. The van der Waals surface area contributed by atoms with Crippen molar-refractivity contribution in [3.63, 3.8) is 0 Å². The number of allylic oxidation sites excluding steroid dienone is 2. The number of unbranched alkanes of at least 4 members (excludes halogenated alkanes) is 42. The van der Waals surface area contributed by atoms with Crippen LogP contribution in [0.4, 0.5) is 0 Å². The van der Waals surface area contributed by atoms with Gasteiger partial charge in [-0.3, -0.25) is 9.59 Å². The first-order valence-corrected chi connectivity index (χ1v) is 29.4. The second-order valence-electron chi connectivity index (χ2n) is 20.3. The lowest BCUT2D eigenvalue weighted by atomic mass is 10.0. The van der Waals surface area contributed by atoms with Crippen LogP contribution in [0.3, 0.4) is 0 Å². The minimum Gasteiger partial charge on any atom is -0.466 e. The fourth-order valence-corrected chi connectivity index (χ4v) is 9.28. The van der Waals surface area contributed by atoms with Crippen molar-refractivity contribution in [1.82, 2.24) is 5.32 Å². The molecule has 0 aromatic carbocycles. The highest BCUT2D eigenvalue weighted by Gasteiger charge is 2.20. The number of rotatable bonds is 55. The van der Waals surface area contributed by atoms with Gasteiger partial charge < -0.3 is 20.3 Å². The van der Waals surface area contributed by atoms with Crippen LogP contribution in [0, 0.1) is 0 Å². The van der Waals surface area contributed by atoms with Crippen molar-refractivity contribution < 1.29 is 24.5 Å². The molecule has 0 saturated heterocycles. The molecule has 3 N–H and O–H groups in total. The Kier molecular flexibility index (Phi) is 54.0. The number of carbonyl (C=O) groups excluding carboxylic acids is 2. The molecule has 0 aliphatic heterocycles. The van der Waals surface area contributed by atoms with Gasteiger partial charge in [0.15, 0.2) is 0 Å².